The van der Waals surface area contributed by atoms with Crippen LogP contribution in [0.1, 0.15) is 18.9 Å². The molecule has 0 aliphatic heterocycles. The molecule has 0 spiro atoms. The number of amides is 3. The second-order valence-corrected chi connectivity index (χ2v) is 4.36. The van der Waals surface area contributed by atoms with Gasteiger partial charge in [0.25, 0.3) is 0 Å². The smallest absolute Gasteiger partial charge is 0.321 e. The molecule has 0 bridgehead atoms. The number of hydrogen-bond acceptors (Lipinski definition) is 4. The summed E-state index contributed by atoms with van der Waals surface area (Å²) in [5.74, 6) is 0.251. The lowest BCUT2D eigenvalue weighted by atomic mass is 10.2. The van der Waals surface area contributed by atoms with Crippen molar-refractivity contribution in [1.29, 1.82) is 0 Å². The van der Waals surface area contributed by atoms with Crippen molar-refractivity contribution in [2.75, 3.05) is 25.5 Å². The first-order valence-corrected chi connectivity index (χ1v) is 6.53. The van der Waals surface area contributed by atoms with Gasteiger partial charge >= 0.3 is 6.03 Å². The zero-order valence-corrected chi connectivity index (χ0v) is 12.1. The van der Waals surface area contributed by atoms with Crippen LogP contribution in [0.3, 0.4) is 0 Å². The van der Waals surface area contributed by atoms with Crippen LogP contribution in [-0.4, -0.2) is 32.1 Å². The van der Waals surface area contributed by atoms with Crippen LogP contribution in [-0.2, 0) is 4.79 Å². The van der Waals surface area contributed by atoms with E-state index in [-0.39, 0.29) is 6.54 Å². The molecule has 3 amide bonds. The van der Waals surface area contributed by atoms with Crippen molar-refractivity contribution in [3.63, 3.8) is 0 Å². The van der Waals surface area contributed by atoms with Crippen LogP contribution in [0.4, 0.5) is 10.5 Å². The molecule has 3 N–H and O–H groups in total. The highest BCUT2D eigenvalue weighted by atomic mass is 16.5. The summed E-state index contributed by atoms with van der Waals surface area (Å²) in [4.78, 5) is 22.9. The van der Waals surface area contributed by atoms with Gasteiger partial charge in [-0.15, -0.1) is 0 Å². The van der Waals surface area contributed by atoms with Crippen LogP contribution >= 0.6 is 0 Å². The van der Waals surface area contributed by atoms with E-state index in [0.29, 0.717) is 12.3 Å². The molecule has 1 rings (SSSR count). The van der Waals surface area contributed by atoms with E-state index in [0.717, 1.165) is 17.7 Å². The molecular weight excluding hydrogens is 258 g/mol. The van der Waals surface area contributed by atoms with Gasteiger partial charge in [0.15, 0.2) is 0 Å². The molecule has 6 nitrogen and oxygen atoms in total. The number of hydrogen-bond donors (Lipinski definition) is 3. The Hall–Kier alpha value is -2.24. The monoisotopic (exact) mass is 279 g/mol. The number of carbonyl (C=O) groups excluding carboxylic acids is 2. The number of nitrogens with one attached hydrogen (secondary N) is 3. The highest BCUT2D eigenvalue weighted by molar-refractivity contribution is 5.96. The number of urea groups is 1. The molecule has 0 aliphatic carbocycles. The van der Waals surface area contributed by atoms with Crippen LogP contribution in [0.25, 0.3) is 0 Å². The van der Waals surface area contributed by atoms with Gasteiger partial charge < -0.3 is 15.4 Å². The van der Waals surface area contributed by atoms with Gasteiger partial charge in [0, 0.05) is 6.54 Å². The van der Waals surface area contributed by atoms with Crippen molar-refractivity contribution in [3.8, 4) is 5.75 Å². The van der Waals surface area contributed by atoms with Crippen molar-refractivity contribution >= 4 is 17.6 Å². The summed E-state index contributed by atoms with van der Waals surface area (Å²) in [6.45, 7) is 4.42. The van der Waals surface area contributed by atoms with Gasteiger partial charge in [-0.2, -0.15) is 0 Å². The highest BCUT2D eigenvalue weighted by Crippen LogP contribution is 2.24. The van der Waals surface area contributed by atoms with Gasteiger partial charge in [0.05, 0.1) is 19.3 Å². The Labute approximate surface area is 118 Å². The first-order chi connectivity index (χ1) is 9.56. The first kappa shape index (κ1) is 15.8. The molecule has 6 heteroatoms. The summed E-state index contributed by atoms with van der Waals surface area (Å²) < 4.78 is 5.19. The molecule has 0 saturated carbocycles. The Bertz CT molecular complexity index is 475. The zero-order valence-electron chi connectivity index (χ0n) is 12.1. The molecule has 0 aliphatic rings. The summed E-state index contributed by atoms with van der Waals surface area (Å²) in [5, 5.41) is 7.76. The van der Waals surface area contributed by atoms with Crippen LogP contribution in [0, 0.1) is 6.92 Å². The number of benzene rings is 1. The topological polar surface area (TPSA) is 79.5 Å². The predicted molar refractivity (Wildman–Crippen MR) is 78.1 cm³/mol. The molecule has 0 aromatic heterocycles. The fourth-order valence-corrected chi connectivity index (χ4v) is 1.59. The minimum absolute atomic E-state index is 0.000637. The maximum atomic E-state index is 11.6. The number of ether oxygens (including phenoxy) is 1. The fourth-order valence-electron chi connectivity index (χ4n) is 1.59. The maximum absolute atomic E-state index is 11.6. The lowest BCUT2D eigenvalue weighted by molar-refractivity contribution is -0.118. The molecule has 0 unspecified atom stereocenters. The van der Waals surface area contributed by atoms with Crippen molar-refractivity contribution in [1.82, 2.24) is 10.6 Å². The van der Waals surface area contributed by atoms with E-state index >= 15 is 0 Å². The Morgan fingerprint density at radius 2 is 2.05 bits per heavy atom. The quantitative estimate of drug-likeness (QED) is 0.740. The molecule has 1 aromatic rings. The van der Waals surface area contributed by atoms with E-state index in [4.69, 9.17) is 4.74 Å². The number of anilines is 1. The fraction of sp³-hybridized carbons (Fsp3) is 0.429. The summed E-state index contributed by atoms with van der Waals surface area (Å²) in [6, 6.07) is 5.14. The third-order valence-corrected chi connectivity index (χ3v) is 2.58. The number of aryl methyl sites for hydroxylation is 1. The van der Waals surface area contributed by atoms with Gasteiger partial charge in [-0.05, 0) is 31.0 Å². The van der Waals surface area contributed by atoms with Gasteiger partial charge in [-0.3, -0.25) is 10.1 Å². The van der Waals surface area contributed by atoms with E-state index in [1.165, 1.54) is 0 Å². The Balaban J connectivity index is 2.48. The van der Waals surface area contributed by atoms with E-state index in [2.05, 4.69) is 16.0 Å². The van der Waals surface area contributed by atoms with Crippen molar-refractivity contribution in [2.24, 2.45) is 0 Å². The Morgan fingerprint density at radius 3 is 2.70 bits per heavy atom. The lowest BCUT2D eigenvalue weighted by Crippen LogP contribution is -2.42. The molecule has 0 radical (unpaired) electrons. The second kappa shape index (κ2) is 8.04. The Morgan fingerprint density at radius 1 is 1.30 bits per heavy atom. The SMILES string of the molecule is CCCNC(=O)NC(=O)CNc1cc(C)ccc1OC. The average molecular weight is 279 g/mol. The normalized spacial score (nSPS) is 9.75. The molecule has 0 fully saturated rings. The minimum Gasteiger partial charge on any atom is -0.495 e. The first-order valence-electron chi connectivity index (χ1n) is 6.53. The molecule has 20 heavy (non-hydrogen) atoms. The highest BCUT2D eigenvalue weighted by Gasteiger charge is 2.08. The molecule has 0 saturated heterocycles. The Kier molecular flexibility index (Phi) is 6.36. The van der Waals surface area contributed by atoms with E-state index in [9.17, 15) is 9.59 Å². The molecular formula is C14H21N3O3. The summed E-state index contributed by atoms with van der Waals surface area (Å²) in [5.41, 5.74) is 1.77. The summed E-state index contributed by atoms with van der Waals surface area (Å²) in [7, 11) is 1.56. The number of carbonyl (C=O) groups is 2. The van der Waals surface area contributed by atoms with Crippen LogP contribution in [0.15, 0.2) is 18.2 Å². The number of rotatable bonds is 6. The number of imide groups is 1. The summed E-state index contributed by atoms with van der Waals surface area (Å²) >= 11 is 0. The largest absolute Gasteiger partial charge is 0.495 e. The van der Waals surface area contributed by atoms with E-state index < -0.39 is 11.9 Å². The molecule has 0 heterocycles. The second-order valence-electron chi connectivity index (χ2n) is 4.36. The molecule has 1 aromatic carbocycles. The van der Waals surface area contributed by atoms with Crippen molar-refractivity contribution in [3.05, 3.63) is 23.8 Å². The maximum Gasteiger partial charge on any atom is 0.321 e. The standard InChI is InChI=1S/C14H21N3O3/c1-4-7-15-14(19)17-13(18)9-16-11-8-10(2)5-6-12(11)20-3/h5-6,8,16H,4,7,9H2,1-3H3,(H2,15,17,18,19). The average Bonchev–Trinajstić information content (AvgIpc) is 2.43. The van der Waals surface area contributed by atoms with Crippen molar-refractivity contribution < 1.29 is 14.3 Å². The van der Waals surface area contributed by atoms with Gasteiger partial charge in [0.2, 0.25) is 5.91 Å². The third kappa shape index (κ3) is 5.17. The molecule has 0 atom stereocenters. The van der Waals surface area contributed by atoms with Gasteiger partial charge in [-0.1, -0.05) is 13.0 Å². The number of methoxy groups -OCH3 is 1. The minimum atomic E-state index is -0.477. The van der Waals surface area contributed by atoms with Gasteiger partial charge in [-0.25, -0.2) is 4.79 Å². The van der Waals surface area contributed by atoms with Gasteiger partial charge in [0.1, 0.15) is 5.75 Å². The molecule has 110 valence electrons. The van der Waals surface area contributed by atoms with E-state index in [1.807, 2.05) is 32.0 Å². The zero-order chi connectivity index (χ0) is 15.0. The lowest BCUT2D eigenvalue weighted by Gasteiger charge is -2.12. The summed E-state index contributed by atoms with van der Waals surface area (Å²) in [6.07, 6.45) is 0.820. The third-order valence-electron chi connectivity index (χ3n) is 2.58. The van der Waals surface area contributed by atoms with Crippen LogP contribution in [0.2, 0.25) is 0 Å². The van der Waals surface area contributed by atoms with Crippen LogP contribution in [0.5, 0.6) is 5.75 Å². The van der Waals surface area contributed by atoms with Crippen molar-refractivity contribution in [2.45, 2.75) is 20.3 Å². The predicted octanol–water partition coefficient (Wildman–Crippen LogP) is 1.65. The van der Waals surface area contributed by atoms with E-state index in [1.54, 1.807) is 7.11 Å². The van der Waals surface area contributed by atoms with Crippen LogP contribution < -0.4 is 20.7 Å².